The molecular formula is C24H46N7O12P3. The number of anilines is 1. The summed E-state index contributed by atoms with van der Waals surface area (Å²) in [4.78, 5) is 51.2. The van der Waals surface area contributed by atoms with Crippen LogP contribution in [0.3, 0.4) is 0 Å². The Morgan fingerprint density at radius 2 is 1.54 bits per heavy atom. The minimum atomic E-state index is -6.06. The fraction of sp³-hybridized carbons (Fsp3) is 0.708. The largest absolute Gasteiger partial charge is 0.756 e. The summed E-state index contributed by atoms with van der Waals surface area (Å²) in [6, 6.07) is 3.12. The smallest absolute Gasteiger partial charge is 0.476 e. The monoisotopic (exact) mass is 717 g/mol. The SMILES string of the molecule is CC[NH+](CC)CC.CC[NH+](CC)CC.N#C[C@]1(COP(=O)([O-])OP(=O)([O-])OP(=O)(O)O)O[C@@H](n2ccc3c(N)ncnc32)C[C@@H]1O. The van der Waals surface area contributed by atoms with E-state index in [9.17, 15) is 33.9 Å². The number of nitrogens with two attached hydrogens (primary N) is 1. The van der Waals surface area contributed by atoms with Gasteiger partial charge in [0.2, 0.25) is 5.60 Å². The highest BCUT2D eigenvalue weighted by Gasteiger charge is 2.51. The van der Waals surface area contributed by atoms with Crippen molar-refractivity contribution in [1.82, 2.24) is 14.5 Å². The number of nitrogens with one attached hydrogen (secondary N) is 2. The van der Waals surface area contributed by atoms with E-state index in [4.69, 9.17) is 20.3 Å². The number of ether oxygens (including phenoxy) is 1. The van der Waals surface area contributed by atoms with Gasteiger partial charge in [-0.05, 0) is 47.6 Å². The summed E-state index contributed by atoms with van der Waals surface area (Å²) in [5, 5.41) is 20.3. The zero-order valence-corrected chi connectivity index (χ0v) is 29.5. The molecule has 0 aromatic carbocycles. The molecule has 0 bridgehead atoms. The molecule has 264 valence electrons. The van der Waals surface area contributed by atoms with Gasteiger partial charge < -0.3 is 54.0 Å². The molecule has 0 amide bonds. The lowest BCUT2D eigenvalue weighted by Gasteiger charge is -2.32. The lowest BCUT2D eigenvalue weighted by atomic mass is 10.00. The van der Waals surface area contributed by atoms with Gasteiger partial charge >= 0.3 is 7.82 Å². The molecule has 1 aliphatic heterocycles. The van der Waals surface area contributed by atoms with Gasteiger partial charge in [-0.25, -0.2) is 23.2 Å². The van der Waals surface area contributed by atoms with Gasteiger partial charge in [0.1, 0.15) is 42.8 Å². The number of phosphoric ester groups is 1. The molecule has 3 heterocycles. The summed E-state index contributed by atoms with van der Waals surface area (Å²) in [6.45, 7) is 19.7. The highest BCUT2D eigenvalue weighted by Crippen LogP contribution is 2.62. The second kappa shape index (κ2) is 18.6. The van der Waals surface area contributed by atoms with Crippen LogP contribution in [-0.2, 0) is 31.6 Å². The van der Waals surface area contributed by atoms with Crippen LogP contribution in [0.2, 0.25) is 0 Å². The van der Waals surface area contributed by atoms with E-state index >= 15 is 0 Å². The van der Waals surface area contributed by atoms with Crippen molar-refractivity contribution in [2.24, 2.45) is 0 Å². The number of nitrogens with zero attached hydrogens (tertiary/aromatic N) is 4. The molecule has 1 fully saturated rings. The number of nitrogen functional groups attached to an aromatic ring is 1. The van der Waals surface area contributed by atoms with Crippen molar-refractivity contribution in [3.8, 4) is 6.07 Å². The first-order valence-corrected chi connectivity index (χ1v) is 19.1. The quantitative estimate of drug-likeness (QED) is 0.121. The van der Waals surface area contributed by atoms with Crippen molar-refractivity contribution >= 4 is 40.3 Å². The summed E-state index contributed by atoms with van der Waals surface area (Å²) in [5.41, 5.74) is 3.75. The Morgan fingerprint density at radius 3 is 1.98 bits per heavy atom. The minimum Gasteiger partial charge on any atom is -0.756 e. The number of nitriles is 1. The normalized spacial score (nSPS) is 22.3. The first kappa shape index (κ1) is 42.2. The molecule has 2 aromatic rings. The predicted molar refractivity (Wildman–Crippen MR) is 162 cm³/mol. The third kappa shape index (κ3) is 13.0. The van der Waals surface area contributed by atoms with E-state index in [1.165, 1.54) is 56.4 Å². The molecule has 46 heavy (non-hydrogen) atoms. The van der Waals surface area contributed by atoms with Crippen LogP contribution in [0, 0.1) is 11.3 Å². The molecule has 1 aliphatic rings. The van der Waals surface area contributed by atoms with Crippen molar-refractivity contribution in [3.63, 3.8) is 0 Å². The molecule has 5 atom stereocenters. The van der Waals surface area contributed by atoms with E-state index in [1.807, 2.05) is 0 Å². The van der Waals surface area contributed by atoms with Crippen molar-refractivity contribution in [2.75, 3.05) is 51.6 Å². The second-order valence-corrected chi connectivity index (χ2v) is 14.3. The number of fused-ring (bicyclic) bond motifs is 1. The van der Waals surface area contributed by atoms with Crippen LogP contribution in [0.15, 0.2) is 18.6 Å². The summed E-state index contributed by atoms with van der Waals surface area (Å²) in [6.07, 6.45) is -0.215. The van der Waals surface area contributed by atoms with E-state index in [2.05, 4.69) is 64.7 Å². The van der Waals surface area contributed by atoms with Gasteiger partial charge in [-0.3, -0.25) is 9.13 Å². The Hall–Kier alpha value is -1.84. The maximum Gasteiger partial charge on any atom is 0.476 e. The van der Waals surface area contributed by atoms with Crippen molar-refractivity contribution < 1.29 is 66.1 Å². The molecule has 19 nitrogen and oxygen atoms in total. The number of aliphatic hydroxyl groups is 1. The van der Waals surface area contributed by atoms with Crippen molar-refractivity contribution in [2.45, 2.75) is 65.9 Å². The van der Waals surface area contributed by atoms with E-state index in [0.717, 1.165) is 0 Å². The Bertz CT molecular complexity index is 1390. The van der Waals surface area contributed by atoms with E-state index < -0.39 is 48.0 Å². The van der Waals surface area contributed by atoms with Crippen LogP contribution in [0.5, 0.6) is 0 Å². The number of rotatable bonds is 14. The third-order valence-corrected chi connectivity index (χ3v) is 10.9. The van der Waals surface area contributed by atoms with E-state index in [1.54, 1.807) is 21.9 Å². The maximum absolute atomic E-state index is 11.8. The number of phosphoric acid groups is 3. The average molecular weight is 718 g/mol. The summed E-state index contributed by atoms with van der Waals surface area (Å²) in [7, 11) is -17.6. The Morgan fingerprint density at radius 1 is 1.02 bits per heavy atom. The minimum absolute atomic E-state index is 0.159. The molecule has 0 spiro atoms. The molecular weight excluding hydrogens is 671 g/mol. The fourth-order valence-electron chi connectivity index (χ4n) is 4.37. The van der Waals surface area contributed by atoms with Gasteiger partial charge in [-0.1, -0.05) is 0 Å². The zero-order chi connectivity index (χ0) is 35.3. The summed E-state index contributed by atoms with van der Waals surface area (Å²) in [5.74, 6) is 0.159. The fourth-order valence-corrected chi connectivity index (χ4v) is 7.32. The van der Waals surface area contributed by atoms with Crippen LogP contribution < -0.4 is 25.3 Å². The average Bonchev–Trinajstić information content (AvgIpc) is 3.55. The Kier molecular flexibility index (Phi) is 17.1. The second-order valence-electron chi connectivity index (χ2n) is 9.99. The lowest BCUT2D eigenvalue weighted by molar-refractivity contribution is -0.894. The molecule has 22 heteroatoms. The molecule has 3 rings (SSSR count). The van der Waals surface area contributed by atoms with Crippen LogP contribution in [0.4, 0.5) is 5.82 Å². The topological polar surface area (TPSA) is 284 Å². The summed E-state index contributed by atoms with van der Waals surface area (Å²) < 4.78 is 51.7. The van der Waals surface area contributed by atoms with Gasteiger partial charge in [0.25, 0.3) is 15.6 Å². The molecule has 0 radical (unpaired) electrons. The molecule has 0 aliphatic carbocycles. The van der Waals surface area contributed by atoms with Crippen molar-refractivity contribution in [1.29, 1.82) is 5.26 Å². The number of hydrogen-bond donors (Lipinski definition) is 6. The highest BCUT2D eigenvalue weighted by atomic mass is 31.3. The van der Waals surface area contributed by atoms with Gasteiger partial charge in [-0.15, -0.1) is 0 Å². The number of hydrogen-bond acceptors (Lipinski definition) is 14. The van der Waals surface area contributed by atoms with Crippen LogP contribution in [-0.4, -0.2) is 87.0 Å². The molecule has 7 N–H and O–H groups in total. The van der Waals surface area contributed by atoms with Crippen LogP contribution in [0.1, 0.15) is 54.2 Å². The maximum atomic E-state index is 11.8. The lowest BCUT2D eigenvalue weighted by Crippen LogP contribution is -3.11. The zero-order valence-electron chi connectivity index (χ0n) is 26.8. The summed E-state index contributed by atoms with van der Waals surface area (Å²) >= 11 is 0. The first-order chi connectivity index (χ1) is 21.4. The molecule has 2 unspecified atom stereocenters. The van der Waals surface area contributed by atoms with E-state index in [-0.39, 0.29) is 12.2 Å². The van der Waals surface area contributed by atoms with Gasteiger partial charge in [0.15, 0.2) is 0 Å². The van der Waals surface area contributed by atoms with E-state index in [0.29, 0.717) is 11.0 Å². The molecule has 1 saturated heterocycles. The molecule has 0 saturated carbocycles. The van der Waals surface area contributed by atoms with Crippen LogP contribution in [0.25, 0.3) is 11.0 Å². The van der Waals surface area contributed by atoms with Gasteiger partial charge in [-0.2, -0.15) is 5.26 Å². The Balaban J connectivity index is 0.000000629. The Labute approximate surface area is 268 Å². The number of quaternary nitrogens is 2. The third-order valence-electron chi connectivity index (χ3n) is 7.19. The number of aliphatic hydroxyl groups excluding tert-OH is 1. The van der Waals surface area contributed by atoms with Gasteiger partial charge in [0, 0.05) is 12.6 Å². The molecule has 2 aromatic heterocycles. The highest BCUT2D eigenvalue weighted by molar-refractivity contribution is 7.65. The van der Waals surface area contributed by atoms with Gasteiger partial charge in [0.05, 0.1) is 44.7 Å². The first-order valence-electron chi connectivity index (χ1n) is 14.6. The van der Waals surface area contributed by atoms with Crippen LogP contribution >= 0.6 is 23.5 Å². The number of aromatic nitrogens is 3. The van der Waals surface area contributed by atoms with Crippen molar-refractivity contribution in [3.05, 3.63) is 18.6 Å². The predicted octanol–water partition coefficient (Wildman–Crippen LogP) is -1.50. The standard InChI is InChI=1S/C12H16N5O12P3.2C6H15N/c13-4-12(5-26-31(22,23)29-32(24,25)28-30(19,20)21)8(18)3-9(27-12)17-2-1-7-10(14)15-6-16-11(7)17;2*1-4-7(5-2)6-3/h1-2,6,8-9,18H,3,5H2,(H,22,23)(H,24,25)(H2,14,15,16)(H2,19,20,21);2*4-6H2,1-3H3/t8-,9+,12+;;/m0../s1.